The van der Waals surface area contributed by atoms with E-state index in [2.05, 4.69) is 15.5 Å². The lowest BCUT2D eigenvalue weighted by Gasteiger charge is -2.26. The average Bonchev–Trinajstić information content (AvgIpc) is 2.77. The molecule has 5 nitrogen and oxygen atoms in total. The van der Waals surface area contributed by atoms with Crippen molar-refractivity contribution >= 4 is 5.91 Å². The van der Waals surface area contributed by atoms with E-state index in [0.29, 0.717) is 19.5 Å². The van der Waals surface area contributed by atoms with Gasteiger partial charge in [-0.25, -0.2) is 0 Å². The third kappa shape index (κ3) is 3.94. The van der Waals surface area contributed by atoms with Crippen LogP contribution in [0.15, 0.2) is 0 Å². The summed E-state index contributed by atoms with van der Waals surface area (Å²) in [5.74, 6) is 0.0264. The molecule has 0 spiro atoms. The summed E-state index contributed by atoms with van der Waals surface area (Å²) in [5.41, 5.74) is 0. The first kappa shape index (κ1) is 12.8. The summed E-state index contributed by atoms with van der Waals surface area (Å²) in [4.78, 5) is 14.1. The first-order valence-corrected chi connectivity index (χ1v) is 6.67. The fourth-order valence-corrected chi connectivity index (χ4v) is 2.56. The zero-order valence-corrected chi connectivity index (χ0v) is 10.3. The van der Waals surface area contributed by atoms with Crippen LogP contribution in [0.2, 0.25) is 0 Å². The molecule has 2 saturated heterocycles. The Kier molecular flexibility index (Phi) is 4.76. The van der Waals surface area contributed by atoms with E-state index in [-0.39, 0.29) is 18.1 Å². The normalized spacial score (nSPS) is 30.4. The average molecular weight is 241 g/mol. The summed E-state index contributed by atoms with van der Waals surface area (Å²) in [6, 6.07) is -0.202. The Morgan fingerprint density at radius 2 is 2.12 bits per heavy atom. The third-order valence-electron chi connectivity index (χ3n) is 3.60. The van der Waals surface area contributed by atoms with Crippen LogP contribution >= 0.6 is 0 Å². The van der Waals surface area contributed by atoms with Crippen molar-refractivity contribution < 1.29 is 9.90 Å². The van der Waals surface area contributed by atoms with Crippen molar-refractivity contribution in [3.63, 3.8) is 0 Å². The van der Waals surface area contributed by atoms with Crippen molar-refractivity contribution in [3.8, 4) is 0 Å². The number of nitrogens with zero attached hydrogens (tertiary/aromatic N) is 1. The number of piperidine rings is 1. The number of carbonyl (C=O) groups is 1. The first-order valence-electron chi connectivity index (χ1n) is 6.67. The zero-order valence-electron chi connectivity index (χ0n) is 10.3. The molecule has 1 amide bonds. The highest BCUT2D eigenvalue weighted by molar-refractivity contribution is 5.82. The smallest absolute Gasteiger partial charge is 0.237 e. The van der Waals surface area contributed by atoms with Gasteiger partial charge in [-0.05, 0) is 32.4 Å². The molecule has 0 saturated carbocycles. The molecular weight excluding hydrogens is 218 g/mol. The maximum absolute atomic E-state index is 11.7. The number of aliphatic hydroxyl groups is 1. The Bertz CT molecular complexity index is 254. The standard InChI is InChI=1S/C12H23N3O2/c16-10-8-11(14-9-10)12(17)13-4-7-15-5-2-1-3-6-15/h10-11,14,16H,1-9H2,(H,13,17)/t10-,11+/m0/s1. The molecule has 2 atom stereocenters. The number of β-amino-alcohol motifs (C(OH)–C–C–N with tert-alkyl or cyclic N) is 1. The number of amides is 1. The number of aliphatic hydroxyl groups excluding tert-OH is 1. The Balaban J connectivity index is 1.59. The van der Waals surface area contributed by atoms with E-state index in [1.807, 2.05) is 0 Å². The van der Waals surface area contributed by atoms with Gasteiger partial charge in [-0.2, -0.15) is 0 Å². The first-order chi connectivity index (χ1) is 8.25. The molecule has 3 N–H and O–H groups in total. The predicted octanol–water partition coefficient (Wildman–Crippen LogP) is -0.689. The molecule has 2 heterocycles. The Morgan fingerprint density at radius 3 is 2.76 bits per heavy atom. The quantitative estimate of drug-likeness (QED) is 0.610. The molecule has 2 rings (SSSR count). The maximum Gasteiger partial charge on any atom is 0.237 e. The molecule has 2 fully saturated rings. The van der Waals surface area contributed by atoms with Gasteiger partial charge in [-0.3, -0.25) is 4.79 Å². The summed E-state index contributed by atoms with van der Waals surface area (Å²) in [7, 11) is 0. The van der Waals surface area contributed by atoms with Crippen LogP contribution in [-0.2, 0) is 4.79 Å². The van der Waals surface area contributed by atoms with Crippen LogP contribution in [0.4, 0.5) is 0 Å². The molecule has 98 valence electrons. The monoisotopic (exact) mass is 241 g/mol. The van der Waals surface area contributed by atoms with E-state index < -0.39 is 0 Å². The van der Waals surface area contributed by atoms with Crippen LogP contribution in [0.25, 0.3) is 0 Å². The van der Waals surface area contributed by atoms with Gasteiger partial charge in [-0.15, -0.1) is 0 Å². The van der Waals surface area contributed by atoms with E-state index in [1.54, 1.807) is 0 Å². The van der Waals surface area contributed by atoms with E-state index in [4.69, 9.17) is 0 Å². The second kappa shape index (κ2) is 6.33. The Labute approximate surface area is 103 Å². The predicted molar refractivity (Wildman–Crippen MR) is 65.7 cm³/mol. The van der Waals surface area contributed by atoms with E-state index >= 15 is 0 Å². The second-order valence-corrected chi connectivity index (χ2v) is 5.04. The number of nitrogens with one attached hydrogen (secondary N) is 2. The van der Waals surface area contributed by atoms with Gasteiger partial charge in [-0.1, -0.05) is 6.42 Å². The van der Waals surface area contributed by atoms with Crippen molar-refractivity contribution in [1.82, 2.24) is 15.5 Å². The SMILES string of the molecule is O=C(NCCN1CCCCC1)[C@H]1C[C@H](O)CN1. The molecule has 0 aliphatic carbocycles. The molecule has 2 aliphatic rings. The van der Waals surface area contributed by atoms with Crippen LogP contribution in [0.3, 0.4) is 0 Å². The molecule has 0 aromatic heterocycles. The van der Waals surface area contributed by atoms with Gasteiger partial charge >= 0.3 is 0 Å². The van der Waals surface area contributed by atoms with Gasteiger partial charge in [0.1, 0.15) is 0 Å². The highest BCUT2D eigenvalue weighted by Gasteiger charge is 2.27. The van der Waals surface area contributed by atoms with Gasteiger partial charge in [0.25, 0.3) is 0 Å². The fraction of sp³-hybridized carbons (Fsp3) is 0.917. The Hall–Kier alpha value is -0.650. The molecule has 17 heavy (non-hydrogen) atoms. The molecule has 0 aromatic carbocycles. The van der Waals surface area contributed by atoms with Gasteiger partial charge in [0.05, 0.1) is 12.1 Å². The summed E-state index contributed by atoms with van der Waals surface area (Å²) in [6.45, 7) is 4.52. The molecule has 0 aromatic rings. The number of carbonyl (C=O) groups excluding carboxylic acids is 1. The lowest BCUT2D eigenvalue weighted by Crippen LogP contribution is -2.44. The van der Waals surface area contributed by atoms with E-state index in [0.717, 1.165) is 19.6 Å². The van der Waals surface area contributed by atoms with Crippen molar-refractivity contribution in [2.45, 2.75) is 37.8 Å². The van der Waals surface area contributed by atoms with Crippen LogP contribution in [0.1, 0.15) is 25.7 Å². The van der Waals surface area contributed by atoms with Gasteiger partial charge in [0.15, 0.2) is 0 Å². The van der Waals surface area contributed by atoms with Crippen molar-refractivity contribution in [2.24, 2.45) is 0 Å². The largest absolute Gasteiger partial charge is 0.392 e. The van der Waals surface area contributed by atoms with E-state index in [1.165, 1.54) is 19.3 Å². The molecular formula is C12H23N3O2. The number of likely N-dealkylation sites (tertiary alicyclic amines) is 1. The molecule has 0 bridgehead atoms. The summed E-state index contributed by atoms with van der Waals surface area (Å²) < 4.78 is 0. The Morgan fingerprint density at radius 1 is 1.35 bits per heavy atom. The van der Waals surface area contributed by atoms with Crippen molar-refractivity contribution in [2.75, 3.05) is 32.7 Å². The summed E-state index contributed by atoms with van der Waals surface area (Å²) >= 11 is 0. The van der Waals surface area contributed by atoms with E-state index in [9.17, 15) is 9.90 Å². The maximum atomic E-state index is 11.7. The molecule has 0 unspecified atom stereocenters. The molecule has 5 heteroatoms. The van der Waals surface area contributed by atoms with Gasteiger partial charge < -0.3 is 20.6 Å². The number of hydrogen-bond donors (Lipinski definition) is 3. The van der Waals surface area contributed by atoms with Crippen LogP contribution in [0, 0.1) is 0 Å². The second-order valence-electron chi connectivity index (χ2n) is 5.04. The fourth-order valence-electron chi connectivity index (χ4n) is 2.56. The molecule has 0 radical (unpaired) electrons. The van der Waals surface area contributed by atoms with Crippen molar-refractivity contribution in [1.29, 1.82) is 0 Å². The van der Waals surface area contributed by atoms with Gasteiger partial charge in [0, 0.05) is 19.6 Å². The van der Waals surface area contributed by atoms with Crippen LogP contribution in [0.5, 0.6) is 0 Å². The van der Waals surface area contributed by atoms with Crippen LogP contribution in [-0.4, -0.2) is 60.8 Å². The summed E-state index contributed by atoms with van der Waals surface area (Å²) in [5, 5.41) is 15.3. The summed E-state index contributed by atoms with van der Waals surface area (Å²) in [6.07, 6.45) is 4.07. The minimum absolute atomic E-state index is 0.0264. The lowest BCUT2D eigenvalue weighted by molar-refractivity contribution is -0.123. The van der Waals surface area contributed by atoms with Crippen molar-refractivity contribution in [3.05, 3.63) is 0 Å². The van der Waals surface area contributed by atoms with Gasteiger partial charge in [0.2, 0.25) is 5.91 Å². The minimum atomic E-state index is -0.368. The number of hydrogen-bond acceptors (Lipinski definition) is 4. The molecule has 2 aliphatic heterocycles. The van der Waals surface area contributed by atoms with Crippen LogP contribution < -0.4 is 10.6 Å². The topological polar surface area (TPSA) is 64.6 Å². The number of rotatable bonds is 4. The highest BCUT2D eigenvalue weighted by Crippen LogP contribution is 2.08. The lowest BCUT2D eigenvalue weighted by atomic mass is 10.1. The minimum Gasteiger partial charge on any atom is -0.392 e. The third-order valence-corrected chi connectivity index (χ3v) is 3.60. The highest BCUT2D eigenvalue weighted by atomic mass is 16.3. The zero-order chi connectivity index (χ0) is 12.1.